The van der Waals surface area contributed by atoms with E-state index < -0.39 is 29.1 Å². The number of hydrogen-bond donors (Lipinski definition) is 2. The third-order valence-electron chi connectivity index (χ3n) is 5.03. The second-order valence-electron chi connectivity index (χ2n) is 7.33. The lowest BCUT2D eigenvalue weighted by Gasteiger charge is -2.16. The van der Waals surface area contributed by atoms with Crippen LogP contribution >= 0.6 is 0 Å². The molecule has 0 unspecified atom stereocenters. The van der Waals surface area contributed by atoms with Crippen LogP contribution in [0.25, 0.3) is 11.4 Å². The summed E-state index contributed by atoms with van der Waals surface area (Å²) in [6, 6.07) is 9.37. The number of nitrogens with zero attached hydrogens (tertiary/aromatic N) is 3. The first-order valence-corrected chi connectivity index (χ1v) is 10.2. The smallest absolute Gasteiger partial charge is 0.416 e. The van der Waals surface area contributed by atoms with E-state index in [1.54, 1.807) is 0 Å². The predicted molar refractivity (Wildman–Crippen MR) is 120 cm³/mol. The van der Waals surface area contributed by atoms with Crippen molar-refractivity contribution in [1.29, 1.82) is 5.41 Å². The molecule has 0 saturated carbocycles. The number of carbonyl (C=O) groups is 1. The molecule has 3 aromatic rings. The molecule has 180 valence electrons. The molecule has 1 aliphatic heterocycles. The average Bonchev–Trinajstić information content (AvgIpc) is 3.25. The van der Waals surface area contributed by atoms with Gasteiger partial charge in [0.2, 0.25) is 5.43 Å². The third kappa shape index (κ3) is 5.05. The van der Waals surface area contributed by atoms with Crippen molar-refractivity contribution in [2.24, 2.45) is 0 Å². The van der Waals surface area contributed by atoms with Gasteiger partial charge in [0, 0.05) is 24.2 Å². The number of ether oxygens (including phenoxy) is 1. The Kier molecular flexibility index (Phi) is 6.36. The monoisotopic (exact) mass is 487 g/mol. The fourth-order valence-corrected chi connectivity index (χ4v) is 3.40. The Hall–Kier alpha value is -4.48. The van der Waals surface area contributed by atoms with E-state index in [-0.39, 0.29) is 41.6 Å². The van der Waals surface area contributed by atoms with Gasteiger partial charge in [-0.05, 0) is 42.5 Å². The number of rotatable bonds is 6. The molecule has 0 atom stereocenters. The molecule has 1 fully saturated rings. The van der Waals surface area contributed by atoms with Gasteiger partial charge in [-0.15, -0.1) is 0 Å². The zero-order valence-corrected chi connectivity index (χ0v) is 17.8. The first kappa shape index (κ1) is 23.7. The minimum atomic E-state index is -4.57. The fraction of sp³-hybridized carbons (Fsp3) is 0.130. The first-order valence-electron chi connectivity index (χ1n) is 10.2. The second-order valence-corrected chi connectivity index (χ2v) is 7.33. The van der Waals surface area contributed by atoms with E-state index in [9.17, 15) is 27.2 Å². The summed E-state index contributed by atoms with van der Waals surface area (Å²) in [7, 11) is 0. The Labute approximate surface area is 195 Å². The highest BCUT2D eigenvalue weighted by atomic mass is 19.4. The first-order chi connectivity index (χ1) is 16.7. The molecular formula is C23H17F4N5O3. The SMILES string of the molecule is N=C/C=C(\Nc1cccc(C(F)(F)F)c1)c1nn(-c2ccc(N3CCOC3=O)cc2F)ccc1=O. The molecule has 2 aromatic carbocycles. The third-order valence-corrected chi connectivity index (χ3v) is 5.03. The number of hydrogen-bond acceptors (Lipinski definition) is 6. The lowest BCUT2D eigenvalue weighted by molar-refractivity contribution is -0.137. The van der Waals surface area contributed by atoms with E-state index in [0.29, 0.717) is 0 Å². The minimum Gasteiger partial charge on any atom is -0.447 e. The average molecular weight is 487 g/mol. The molecular weight excluding hydrogens is 470 g/mol. The molecule has 2 heterocycles. The maximum atomic E-state index is 14.9. The van der Waals surface area contributed by atoms with Gasteiger partial charge >= 0.3 is 12.3 Å². The van der Waals surface area contributed by atoms with Gasteiger partial charge in [-0.1, -0.05) is 6.07 Å². The van der Waals surface area contributed by atoms with E-state index >= 15 is 0 Å². The second kappa shape index (κ2) is 9.41. The number of allylic oxidation sites excluding steroid dienone is 1. The summed E-state index contributed by atoms with van der Waals surface area (Å²) < 4.78 is 60.0. The highest BCUT2D eigenvalue weighted by Crippen LogP contribution is 2.31. The molecule has 1 aliphatic rings. The van der Waals surface area contributed by atoms with Crippen LogP contribution < -0.4 is 15.6 Å². The summed E-state index contributed by atoms with van der Waals surface area (Å²) in [6.07, 6.45) is -1.97. The Morgan fingerprint density at radius 3 is 2.60 bits per heavy atom. The number of aromatic nitrogens is 2. The predicted octanol–water partition coefficient (Wildman–Crippen LogP) is 4.45. The molecule has 2 N–H and O–H groups in total. The van der Waals surface area contributed by atoms with Crippen molar-refractivity contribution in [3.63, 3.8) is 0 Å². The van der Waals surface area contributed by atoms with Gasteiger partial charge in [0.25, 0.3) is 0 Å². The Morgan fingerprint density at radius 2 is 1.94 bits per heavy atom. The summed E-state index contributed by atoms with van der Waals surface area (Å²) in [5.74, 6) is -0.743. The topological polar surface area (TPSA) is 100 Å². The largest absolute Gasteiger partial charge is 0.447 e. The van der Waals surface area contributed by atoms with Crippen molar-refractivity contribution in [3.8, 4) is 5.69 Å². The van der Waals surface area contributed by atoms with E-state index in [0.717, 1.165) is 41.2 Å². The van der Waals surface area contributed by atoms with Gasteiger partial charge < -0.3 is 15.5 Å². The minimum absolute atomic E-state index is 0.0116. The molecule has 4 rings (SSSR count). The van der Waals surface area contributed by atoms with Crippen LogP contribution in [-0.2, 0) is 10.9 Å². The highest BCUT2D eigenvalue weighted by molar-refractivity contribution is 5.89. The summed E-state index contributed by atoms with van der Waals surface area (Å²) in [6.45, 7) is 0.463. The molecule has 35 heavy (non-hydrogen) atoms. The number of alkyl halides is 3. The van der Waals surface area contributed by atoms with Crippen LogP contribution in [0.5, 0.6) is 0 Å². The summed E-state index contributed by atoms with van der Waals surface area (Å²) in [5.41, 5.74) is -1.57. The summed E-state index contributed by atoms with van der Waals surface area (Å²) in [5, 5.41) is 14.2. The van der Waals surface area contributed by atoms with Gasteiger partial charge in [0.15, 0.2) is 11.5 Å². The number of cyclic esters (lactones) is 1. The van der Waals surface area contributed by atoms with E-state index in [1.165, 1.54) is 35.4 Å². The van der Waals surface area contributed by atoms with Gasteiger partial charge in [-0.25, -0.2) is 13.9 Å². The zero-order chi connectivity index (χ0) is 25.2. The van der Waals surface area contributed by atoms with Crippen molar-refractivity contribution in [2.45, 2.75) is 6.18 Å². The molecule has 12 heteroatoms. The summed E-state index contributed by atoms with van der Waals surface area (Å²) >= 11 is 0. The van der Waals surface area contributed by atoms with Crippen LogP contribution in [0.15, 0.2) is 65.6 Å². The molecule has 0 spiro atoms. The number of anilines is 2. The normalized spacial score (nSPS) is 14.1. The molecule has 1 saturated heterocycles. The number of benzene rings is 2. The quantitative estimate of drug-likeness (QED) is 0.395. The standard InChI is InChI=1S/C23H17F4N5O3/c24-17-13-16(31-10-11-35-22(31)34)4-5-19(17)32-9-7-20(33)21(30-32)18(6-8-28)29-15-3-1-2-14(12-15)23(25,26)27/h1-9,12-13,28-29H,10-11H2/b18-6-,28-8?. The van der Waals surface area contributed by atoms with Crippen molar-refractivity contribution >= 4 is 29.4 Å². The number of halogens is 4. The Balaban J connectivity index is 1.69. The number of nitrogens with one attached hydrogen (secondary N) is 2. The van der Waals surface area contributed by atoms with Crippen LogP contribution in [0, 0.1) is 11.2 Å². The van der Waals surface area contributed by atoms with Crippen molar-refractivity contribution in [2.75, 3.05) is 23.4 Å². The Bertz CT molecular complexity index is 1380. The van der Waals surface area contributed by atoms with Crippen LogP contribution in [0.4, 0.5) is 33.7 Å². The summed E-state index contributed by atoms with van der Waals surface area (Å²) in [4.78, 5) is 25.5. The maximum absolute atomic E-state index is 14.9. The molecule has 0 bridgehead atoms. The fourth-order valence-electron chi connectivity index (χ4n) is 3.40. The lowest BCUT2D eigenvalue weighted by atomic mass is 10.1. The highest BCUT2D eigenvalue weighted by Gasteiger charge is 2.30. The molecule has 1 aromatic heterocycles. The van der Waals surface area contributed by atoms with E-state index in [2.05, 4.69) is 10.4 Å². The molecule has 0 aliphatic carbocycles. The zero-order valence-electron chi connectivity index (χ0n) is 17.8. The molecule has 0 radical (unpaired) electrons. The lowest BCUT2D eigenvalue weighted by Crippen LogP contribution is -2.23. The van der Waals surface area contributed by atoms with Crippen LogP contribution in [0.2, 0.25) is 0 Å². The van der Waals surface area contributed by atoms with E-state index in [4.69, 9.17) is 10.1 Å². The Morgan fingerprint density at radius 1 is 1.14 bits per heavy atom. The van der Waals surface area contributed by atoms with Gasteiger partial charge in [0.1, 0.15) is 12.3 Å². The maximum Gasteiger partial charge on any atom is 0.416 e. The number of carbonyl (C=O) groups excluding carboxylic acids is 1. The molecule has 1 amide bonds. The van der Waals surface area contributed by atoms with E-state index in [1.807, 2.05) is 0 Å². The van der Waals surface area contributed by atoms with Gasteiger partial charge in [-0.2, -0.15) is 18.3 Å². The van der Waals surface area contributed by atoms with Crippen molar-refractivity contribution in [1.82, 2.24) is 9.78 Å². The van der Waals surface area contributed by atoms with Crippen molar-refractivity contribution < 1.29 is 27.1 Å². The van der Waals surface area contributed by atoms with Crippen LogP contribution in [0.3, 0.4) is 0 Å². The van der Waals surface area contributed by atoms with Gasteiger partial charge in [-0.3, -0.25) is 9.69 Å². The number of amides is 1. The van der Waals surface area contributed by atoms with Crippen LogP contribution in [-0.4, -0.2) is 35.2 Å². The van der Waals surface area contributed by atoms with Gasteiger partial charge in [0.05, 0.1) is 23.5 Å². The molecule has 8 nitrogen and oxygen atoms in total. The van der Waals surface area contributed by atoms with Crippen LogP contribution in [0.1, 0.15) is 11.3 Å². The van der Waals surface area contributed by atoms with Crippen molar-refractivity contribution in [3.05, 3.63) is 88.1 Å².